The first-order valence-electron chi connectivity index (χ1n) is 5.94. The molecule has 18 heavy (non-hydrogen) atoms. The van der Waals surface area contributed by atoms with Gasteiger partial charge < -0.3 is 10.0 Å². The minimum Gasteiger partial charge on any atom is -0.388 e. The smallest absolute Gasteiger partial charge is 0.189 e. The summed E-state index contributed by atoms with van der Waals surface area (Å²) in [5.41, 5.74) is 3.63. The Balaban J connectivity index is 2.32. The molecule has 1 N–H and O–H groups in total. The summed E-state index contributed by atoms with van der Waals surface area (Å²) in [6, 6.07) is 6.37. The standard InChI is InChI=1S/C14H18N2OS/c1-9-5-6-12(10(2)7-9)16(4)14-15-8-13(18-14)11(3)17/h5-8,11,17H,1-4H3. The number of hydrogen-bond acceptors (Lipinski definition) is 4. The number of hydrogen-bond donors (Lipinski definition) is 1. The molecule has 1 unspecified atom stereocenters. The number of anilines is 2. The molecule has 2 aromatic rings. The average Bonchev–Trinajstić information content (AvgIpc) is 2.77. The van der Waals surface area contributed by atoms with Crippen LogP contribution in [-0.4, -0.2) is 17.1 Å². The van der Waals surface area contributed by atoms with Crippen molar-refractivity contribution in [1.82, 2.24) is 4.98 Å². The van der Waals surface area contributed by atoms with Crippen molar-refractivity contribution >= 4 is 22.2 Å². The van der Waals surface area contributed by atoms with Crippen LogP contribution in [0.4, 0.5) is 10.8 Å². The molecular weight excluding hydrogens is 244 g/mol. The zero-order valence-electron chi connectivity index (χ0n) is 11.1. The zero-order chi connectivity index (χ0) is 13.3. The molecule has 1 aromatic carbocycles. The van der Waals surface area contributed by atoms with Crippen molar-refractivity contribution in [2.75, 3.05) is 11.9 Å². The molecule has 0 aliphatic rings. The van der Waals surface area contributed by atoms with E-state index in [1.54, 1.807) is 13.1 Å². The quantitative estimate of drug-likeness (QED) is 0.918. The third-order valence-electron chi connectivity index (χ3n) is 2.92. The maximum Gasteiger partial charge on any atom is 0.189 e. The number of aliphatic hydroxyl groups excluding tert-OH is 1. The van der Waals surface area contributed by atoms with Gasteiger partial charge in [-0.1, -0.05) is 29.0 Å². The van der Waals surface area contributed by atoms with Crippen LogP contribution in [-0.2, 0) is 0 Å². The highest BCUT2D eigenvalue weighted by Crippen LogP contribution is 2.32. The molecule has 96 valence electrons. The summed E-state index contributed by atoms with van der Waals surface area (Å²) in [5, 5.41) is 10.4. The molecule has 0 spiro atoms. The van der Waals surface area contributed by atoms with Crippen LogP contribution in [0, 0.1) is 13.8 Å². The second-order valence-electron chi connectivity index (χ2n) is 4.57. The van der Waals surface area contributed by atoms with Crippen LogP contribution in [0.2, 0.25) is 0 Å². The summed E-state index contributed by atoms with van der Waals surface area (Å²) < 4.78 is 0. The molecule has 1 heterocycles. The van der Waals surface area contributed by atoms with E-state index in [9.17, 15) is 5.11 Å². The highest BCUT2D eigenvalue weighted by Gasteiger charge is 2.13. The molecule has 0 saturated carbocycles. The summed E-state index contributed by atoms with van der Waals surface area (Å²) >= 11 is 1.52. The first-order chi connectivity index (χ1) is 8.49. The Morgan fingerprint density at radius 1 is 1.33 bits per heavy atom. The van der Waals surface area contributed by atoms with Crippen molar-refractivity contribution in [2.45, 2.75) is 26.9 Å². The van der Waals surface area contributed by atoms with Gasteiger partial charge in [0.2, 0.25) is 0 Å². The number of benzene rings is 1. The molecule has 0 saturated heterocycles. The van der Waals surface area contributed by atoms with Gasteiger partial charge in [-0.2, -0.15) is 0 Å². The highest BCUT2D eigenvalue weighted by atomic mass is 32.1. The van der Waals surface area contributed by atoms with E-state index in [0.29, 0.717) is 0 Å². The largest absolute Gasteiger partial charge is 0.388 e. The van der Waals surface area contributed by atoms with Crippen molar-refractivity contribution in [3.8, 4) is 0 Å². The average molecular weight is 262 g/mol. The second-order valence-corrected chi connectivity index (χ2v) is 5.61. The van der Waals surface area contributed by atoms with Crippen molar-refractivity contribution in [3.05, 3.63) is 40.4 Å². The maximum atomic E-state index is 9.53. The van der Waals surface area contributed by atoms with Gasteiger partial charge in [-0.25, -0.2) is 4.98 Å². The fourth-order valence-electron chi connectivity index (χ4n) is 1.91. The van der Waals surface area contributed by atoms with E-state index in [4.69, 9.17) is 0 Å². The van der Waals surface area contributed by atoms with Crippen molar-refractivity contribution in [2.24, 2.45) is 0 Å². The lowest BCUT2D eigenvalue weighted by Crippen LogP contribution is -2.10. The highest BCUT2D eigenvalue weighted by molar-refractivity contribution is 7.15. The fourth-order valence-corrected chi connectivity index (χ4v) is 2.74. The Kier molecular flexibility index (Phi) is 3.68. The van der Waals surface area contributed by atoms with Crippen LogP contribution in [0.25, 0.3) is 0 Å². The van der Waals surface area contributed by atoms with E-state index in [-0.39, 0.29) is 0 Å². The Morgan fingerprint density at radius 2 is 2.06 bits per heavy atom. The van der Waals surface area contributed by atoms with E-state index in [1.807, 2.05) is 7.05 Å². The number of aryl methyl sites for hydroxylation is 2. The molecule has 0 fully saturated rings. The monoisotopic (exact) mass is 262 g/mol. The van der Waals surface area contributed by atoms with Gasteiger partial charge in [0.15, 0.2) is 5.13 Å². The van der Waals surface area contributed by atoms with Crippen molar-refractivity contribution < 1.29 is 5.11 Å². The van der Waals surface area contributed by atoms with Gasteiger partial charge in [-0.15, -0.1) is 0 Å². The number of aliphatic hydroxyl groups is 1. The Bertz CT molecular complexity index is 548. The van der Waals surface area contributed by atoms with Crippen LogP contribution in [0.5, 0.6) is 0 Å². The molecule has 1 aromatic heterocycles. The van der Waals surface area contributed by atoms with Gasteiger partial charge >= 0.3 is 0 Å². The van der Waals surface area contributed by atoms with E-state index >= 15 is 0 Å². The third kappa shape index (κ3) is 2.54. The van der Waals surface area contributed by atoms with E-state index in [2.05, 4.69) is 41.9 Å². The minimum atomic E-state index is -0.455. The van der Waals surface area contributed by atoms with Crippen LogP contribution in [0.15, 0.2) is 24.4 Å². The minimum absolute atomic E-state index is 0.455. The van der Waals surface area contributed by atoms with Gasteiger partial charge in [0.1, 0.15) is 0 Å². The van der Waals surface area contributed by atoms with Crippen molar-refractivity contribution in [1.29, 1.82) is 0 Å². The van der Waals surface area contributed by atoms with Crippen molar-refractivity contribution in [3.63, 3.8) is 0 Å². The topological polar surface area (TPSA) is 36.4 Å². The fraction of sp³-hybridized carbons (Fsp3) is 0.357. The molecule has 0 radical (unpaired) electrons. The van der Waals surface area contributed by atoms with Gasteiger partial charge in [0.25, 0.3) is 0 Å². The lowest BCUT2D eigenvalue weighted by Gasteiger charge is -2.18. The summed E-state index contributed by atoms with van der Waals surface area (Å²) in [6.07, 6.45) is 1.29. The lowest BCUT2D eigenvalue weighted by molar-refractivity contribution is 0.203. The summed E-state index contributed by atoms with van der Waals surface area (Å²) in [4.78, 5) is 7.31. The van der Waals surface area contributed by atoms with Gasteiger partial charge in [-0.05, 0) is 32.4 Å². The molecule has 0 bridgehead atoms. The van der Waals surface area contributed by atoms with Gasteiger partial charge in [-0.3, -0.25) is 0 Å². The van der Waals surface area contributed by atoms with Gasteiger partial charge in [0, 0.05) is 18.9 Å². The SMILES string of the molecule is Cc1ccc(N(C)c2ncc(C(C)O)s2)c(C)c1. The Morgan fingerprint density at radius 3 is 2.61 bits per heavy atom. The van der Waals surface area contributed by atoms with Crippen LogP contribution in [0.3, 0.4) is 0 Å². The third-order valence-corrected chi connectivity index (χ3v) is 4.17. The first-order valence-corrected chi connectivity index (χ1v) is 6.75. The predicted molar refractivity (Wildman–Crippen MR) is 76.7 cm³/mol. The molecule has 4 heteroatoms. The van der Waals surface area contributed by atoms with Crippen LogP contribution in [0.1, 0.15) is 29.0 Å². The zero-order valence-corrected chi connectivity index (χ0v) is 12.0. The van der Waals surface area contributed by atoms with Gasteiger partial charge in [0.05, 0.1) is 11.0 Å². The number of aromatic nitrogens is 1. The maximum absolute atomic E-state index is 9.53. The number of rotatable bonds is 3. The van der Waals surface area contributed by atoms with E-state index in [0.717, 1.165) is 15.7 Å². The second kappa shape index (κ2) is 5.08. The molecule has 0 aliphatic heterocycles. The molecule has 0 aliphatic carbocycles. The van der Waals surface area contributed by atoms with E-state index < -0.39 is 6.10 Å². The number of nitrogens with zero attached hydrogens (tertiary/aromatic N) is 2. The number of thiazole rings is 1. The van der Waals surface area contributed by atoms with Crippen LogP contribution < -0.4 is 4.90 Å². The molecular formula is C14H18N2OS. The lowest BCUT2D eigenvalue weighted by atomic mass is 10.1. The summed E-state index contributed by atoms with van der Waals surface area (Å²) in [6.45, 7) is 5.95. The van der Waals surface area contributed by atoms with E-state index in [1.165, 1.54) is 22.5 Å². The molecule has 3 nitrogen and oxygen atoms in total. The predicted octanol–water partition coefficient (Wildman–Crippen LogP) is 3.58. The molecule has 0 amide bonds. The summed E-state index contributed by atoms with van der Waals surface area (Å²) in [5.74, 6) is 0. The molecule has 1 atom stereocenters. The first kappa shape index (κ1) is 13.1. The molecule has 2 rings (SSSR count). The normalized spacial score (nSPS) is 12.5. The summed E-state index contributed by atoms with van der Waals surface area (Å²) in [7, 11) is 2.00. The Hall–Kier alpha value is -1.39. The Labute approximate surface area is 112 Å². The van der Waals surface area contributed by atoms with Crippen LogP contribution >= 0.6 is 11.3 Å².